The molecule has 1 saturated heterocycles. The first-order valence-corrected chi connectivity index (χ1v) is 25.0. The Hall–Kier alpha value is -4.09. The summed E-state index contributed by atoms with van der Waals surface area (Å²) in [5, 5.41) is 13.8. The predicted molar refractivity (Wildman–Crippen MR) is 247 cm³/mol. The van der Waals surface area contributed by atoms with Crippen LogP contribution in [0.2, 0.25) is 0 Å². The van der Waals surface area contributed by atoms with Crippen molar-refractivity contribution in [2.24, 2.45) is 56.7 Å². The number of nitrogens with one attached hydrogen (secondary N) is 1. The van der Waals surface area contributed by atoms with Crippen molar-refractivity contribution in [3.63, 3.8) is 0 Å². The van der Waals surface area contributed by atoms with Crippen LogP contribution >= 0.6 is 0 Å². The number of rotatable bonds is 14. The summed E-state index contributed by atoms with van der Waals surface area (Å²) >= 11 is 0. The lowest BCUT2D eigenvalue weighted by Crippen LogP contribution is -2.69. The van der Waals surface area contributed by atoms with E-state index < -0.39 is 97.0 Å². The maximum atomic E-state index is 15.0. The van der Waals surface area contributed by atoms with Gasteiger partial charge < -0.3 is 48.3 Å². The van der Waals surface area contributed by atoms with Crippen molar-refractivity contribution in [2.75, 3.05) is 26.9 Å². The Morgan fingerprint density at radius 3 is 2.07 bits per heavy atom. The van der Waals surface area contributed by atoms with Gasteiger partial charge in [0.2, 0.25) is 5.91 Å². The van der Waals surface area contributed by atoms with Gasteiger partial charge in [-0.2, -0.15) is 0 Å². The molecule has 6 rings (SSSR count). The van der Waals surface area contributed by atoms with Gasteiger partial charge in [-0.05, 0) is 109 Å². The number of ether oxygens (including phenoxy) is 8. The van der Waals surface area contributed by atoms with Crippen molar-refractivity contribution in [3.05, 3.63) is 11.6 Å². The summed E-state index contributed by atoms with van der Waals surface area (Å²) < 4.78 is 46.1. The molecular formula is C52H79NO16. The molecule has 2 N–H and O–H groups in total. The zero-order valence-corrected chi connectivity index (χ0v) is 43.2. The van der Waals surface area contributed by atoms with E-state index in [2.05, 4.69) is 59.9 Å². The first kappa shape index (κ1) is 54.2. The van der Waals surface area contributed by atoms with E-state index in [0.717, 1.165) is 79.8 Å². The Labute approximate surface area is 407 Å². The molecule has 1 heterocycles. The molecule has 0 radical (unpaired) electrons. The van der Waals surface area contributed by atoms with Gasteiger partial charge in [0.15, 0.2) is 12.2 Å². The Balaban J connectivity index is 1.29. The molecule has 69 heavy (non-hydrogen) atoms. The second kappa shape index (κ2) is 20.2. The summed E-state index contributed by atoms with van der Waals surface area (Å²) in [7, 11) is 1.08. The van der Waals surface area contributed by atoms with E-state index in [4.69, 9.17) is 37.9 Å². The van der Waals surface area contributed by atoms with Gasteiger partial charge in [0, 0.05) is 34.6 Å². The summed E-state index contributed by atoms with van der Waals surface area (Å²) in [5.74, 6) is -6.51. The predicted octanol–water partition coefficient (Wildman–Crippen LogP) is 6.09. The minimum atomic E-state index is -2.44. The zero-order valence-electron chi connectivity index (χ0n) is 43.2. The van der Waals surface area contributed by atoms with Crippen LogP contribution < -0.4 is 5.32 Å². The van der Waals surface area contributed by atoms with Crippen LogP contribution in [0.4, 0.5) is 0 Å². The molecule has 0 aromatic carbocycles. The number of methoxy groups -OCH3 is 1. The number of amides is 1. The molecule has 0 bridgehead atoms. The molecule has 0 spiro atoms. The van der Waals surface area contributed by atoms with Crippen LogP contribution in [0.1, 0.15) is 147 Å². The summed E-state index contributed by atoms with van der Waals surface area (Å²) in [5.41, 5.74) is 0.301. The Morgan fingerprint density at radius 2 is 1.46 bits per heavy atom. The third-order valence-corrected chi connectivity index (χ3v) is 18.5. The number of aliphatic hydroxyl groups is 1. The van der Waals surface area contributed by atoms with E-state index in [-0.39, 0.29) is 52.2 Å². The number of carbonyl (C=O) groups excluding carboxylic acids is 7. The third kappa shape index (κ3) is 9.82. The fourth-order valence-electron chi connectivity index (χ4n) is 14.9. The summed E-state index contributed by atoms with van der Waals surface area (Å²) in [6, 6.07) is -1.36. The molecule has 0 aromatic heterocycles. The van der Waals surface area contributed by atoms with Crippen LogP contribution in [-0.2, 0) is 71.5 Å². The highest BCUT2D eigenvalue weighted by molar-refractivity contribution is 5.80. The van der Waals surface area contributed by atoms with Crippen molar-refractivity contribution in [2.45, 2.75) is 190 Å². The molecule has 1 amide bonds. The number of aliphatic hydroxyl groups excluding tert-OH is 1. The van der Waals surface area contributed by atoms with E-state index in [0.29, 0.717) is 30.6 Å². The molecular weight excluding hydrogens is 895 g/mol. The van der Waals surface area contributed by atoms with E-state index in [1.165, 1.54) is 12.5 Å². The summed E-state index contributed by atoms with van der Waals surface area (Å²) in [4.78, 5) is 91.3. The first-order chi connectivity index (χ1) is 32.1. The maximum Gasteiger partial charge on any atom is 0.366 e. The van der Waals surface area contributed by atoms with E-state index in [9.17, 15) is 38.7 Å². The molecule has 16 atom stereocenters. The van der Waals surface area contributed by atoms with Gasteiger partial charge in [-0.15, -0.1) is 0 Å². The van der Waals surface area contributed by atoms with Gasteiger partial charge in [0.1, 0.15) is 25.4 Å². The lowest BCUT2D eigenvalue weighted by molar-refractivity contribution is -0.315. The number of fused-ring (bicyclic) bond motifs is 7. The van der Waals surface area contributed by atoms with E-state index in [1.54, 1.807) is 0 Å². The maximum absolute atomic E-state index is 15.0. The van der Waals surface area contributed by atoms with E-state index >= 15 is 0 Å². The average molecular weight is 974 g/mol. The number of allylic oxidation sites excluding steroid dienone is 2. The Kier molecular flexibility index (Phi) is 15.9. The van der Waals surface area contributed by atoms with E-state index in [1.807, 2.05) is 0 Å². The lowest BCUT2D eigenvalue weighted by atomic mass is 9.33. The molecule has 388 valence electrons. The summed E-state index contributed by atoms with van der Waals surface area (Å²) in [6.45, 7) is 20.7. The van der Waals surface area contributed by atoms with Crippen LogP contribution in [0.5, 0.6) is 0 Å². The van der Waals surface area contributed by atoms with Gasteiger partial charge in [0.05, 0.1) is 37.7 Å². The average Bonchev–Trinajstić information content (AvgIpc) is 3.25. The highest BCUT2D eigenvalue weighted by atomic mass is 16.7. The number of carbonyl (C=O) groups is 7. The monoisotopic (exact) mass is 974 g/mol. The molecule has 0 aromatic rings. The van der Waals surface area contributed by atoms with Gasteiger partial charge in [0.25, 0.3) is 5.79 Å². The highest BCUT2D eigenvalue weighted by Crippen LogP contribution is 2.76. The third-order valence-electron chi connectivity index (χ3n) is 18.5. The van der Waals surface area contributed by atoms with Crippen LogP contribution in [0.3, 0.4) is 0 Å². The van der Waals surface area contributed by atoms with Crippen LogP contribution in [-0.4, -0.2) is 116 Å². The summed E-state index contributed by atoms with van der Waals surface area (Å²) in [6.07, 6.45) is 3.09. The lowest BCUT2D eigenvalue weighted by Gasteiger charge is -2.71. The van der Waals surface area contributed by atoms with Crippen molar-refractivity contribution in [1.29, 1.82) is 0 Å². The molecule has 4 saturated carbocycles. The van der Waals surface area contributed by atoms with Crippen molar-refractivity contribution in [1.82, 2.24) is 5.32 Å². The van der Waals surface area contributed by atoms with Gasteiger partial charge >= 0.3 is 35.8 Å². The Bertz CT molecular complexity index is 2040. The van der Waals surface area contributed by atoms with Gasteiger partial charge in [-0.3, -0.25) is 28.8 Å². The number of hydrogen-bond donors (Lipinski definition) is 2. The minimum absolute atomic E-state index is 0.0128. The first-order valence-electron chi connectivity index (χ1n) is 25.0. The quantitative estimate of drug-likeness (QED) is 0.0870. The van der Waals surface area contributed by atoms with Crippen molar-refractivity contribution in [3.8, 4) is 0 Å². The molecule has 17 heteroatoms. The molecule has 5 fully saturated rings. The van der Waals surface area contributed by atoms with Crippen molar-refractivity contribution >= 4 is 41.7 Å². The van der Waals surface area contributed by atoms with Crippen LogP contribution in [0.15, 0.2) is 11.6 Å². The normalized spacial score (nSPS) is 39.7. The topological polar surface area (TPSA) is 226 Å². The smallest absolute Gasteiger partial charge is 0.366 e. The molecule has 17 nitrogen and oxygen atoms in total. The second-order valence-electron chi connectivity index (χ2n) is 22.6. The van der Waals surface area contributed by atoms with Crippen LogP contribution in [0.25, 0.3) is 0 Å². The fraction of sp³-hybridized carbons (Fsp3) is 0.827. The largest absolute Gasteiger partial charge is 0.465 e. The highest BCUT2D eigenvalue weighted by Gasteiger charge is 2.70. The Morgan fingerprint density at radius 1 is 0.783 bits per heavy atom. The van der Waals surface area contributed by atoms with Crippen molar-refractivity contribution < 1.29 is 76.6 Å². The fourth-order valence-corrected chi connectivity index (χ4v) is 14.9. The molecule has 6 aliphatic rings. The van der Waals surface area contributed by atoms with Gasteiger partial charge in [-0.25, -0.2) is 4.79 Å². The standard InChI is InChI=1S/C52H79NO16/c1-28-16-21-51(23-22-49(11)35(41(51)29(28)2)14-15-39-48(10)19-18-40(59)47(8,9)38(48)17-20-50(39,49)12)45(60)63-24-25-65-52(46(61)62-13)26-36(66-32(5)56)42(53-30(3)54)44(69-52)43(68-34(7)58)37(67-33(6)57)27-64-31(4)55/h14,28-29,36-44,59H,15-27H2,1-13H3,(H,53,54)/t28-,29+,36+,37-,38+,39-,40+,41-,42-,43-,44-,48+,49-,50-,51+,52-/m1/s1. The SMILES string of the molecule is COC(=O)[C@@]1(OCCOC(=O)[C@]23CC[C@@H](C)[C@H](C)[C@@H]2C2=CC[C@@H]4[C@@]5(C)CC[C@H](O)C(C)(C)[C@@H]5CC[C@@]4(C)[C@]2(C)CC3)C[C@H](OC(C)=O)[C@@H](NC(C)=O)[C@H]([C@H](OC(C)=O)[C@@H](COC(C)=O)OC(C)=O)O1. The molecule has 5 aliphatic carbocycles. The zero-order chi connectivity index (χ0) is 51.2. The molecule has 0 unspecified atom stereocenters. The minimum Gasteiger partial charge on any atom is -0.465 e. The number of hydrogen-bond acceptors (Lipinski definition) is 16. The van der Waals surface area contributed by atoms with Crippen LogP contribution in [0, 0.1) is 56.7 Å². The molecule has 1 aliphatic heterocycles. The second-order valence-corrected chi connectivity index (χ2v) is 22.6. The number of esters is 6. The van der Waals surface area contributed by atoms with Gasteiger partial charge in [-0.1, -0.05) is 60.1 Å².